The zero-order valence-corrected chi connectivity index (χ0v) is 15.6. The van der Waals surface area contributed by atoms with Crippen molar-refractivity contribution in [2.75, 3.05) is 0 Å². The lowest BCUT2D eigenvalue weighted by atomic mass is 10.1. The highest BCUT2D eigenvalue weighted by molar-refractivity contribution is 6.35. The molecule has 0 bridgehead atoms. The maximum absolute atomic E-state index is 10.9. The molecule has 0 saturated carbocycles. The number of H-pyrrole nitrogens is 1. The Morgan fingerprint density at radius 2 is 1.68 bits per heavy atom. The number of carboxylic acid groups (broad SMARTS) is 2. The molecule has 2 rings (SSSR count). The molecule has 1 heterocycles. The molecule has 148 valence electrons. The number of hydrogen-bond acceptors (Lipinski definition) is 5. The fraction of sp³-hybridized carbons (Fsp3) is 0.118. The van der Waals surface area contributed by atoms with Crippen molar-refractivity contribution in [3.05, 3.63) is 62.9 Å². The van der Waals surface area contributed by atoms with Crippen molar-refractivity contribution in [1.29, 1.82) is 0 Å². The lowest BCUT2D eigenvalue weighted by Crippen LogP contribution is -2.10. The van der Waals surface area contributed by atoms with E-state index in [0.29, 0.717) is 16.1 Å². The normalized spacial score (nSPS) is 10.2. The molecule has 0 aliphatic carbocycles. The molecule has 0 atom stereocenters. The number of Topliss-reactive ketones (excluding diaryl/α,β-unsaturated/α-hetero) is 1. The minimum absolute atomic E-state index is 0.0970. The predicted octanol–water partition coefficient (Wildman–Crippen LogP) is 3.96. The summed E-state index contributed by atoms with van der Waals surface area (Å²) >= 11 is 11.7. The van der Waals surface area contributed by atoms with E-state index in [1.165, 1.54) is 18.2 Å². The van der Waals surface area contributed by atoms with Crippen LogP contribution in [0.5, 0.6) is 0 Å². The van der Waals surface area contributed by atoms with E-state index in [1.807, 2.05) is 0 Å². The van der Waals surface area contributed by atoms with Gasteiger partial charge in [0.05, 0.1) is 21.9 Å². The van der Waals surface area contributed by atoms with Crippen LogP contribution in [0.15, 0.2) is 42.7 Å². The van der Waals surface area contributed by atoms with Crippen molar-refractivity contribution < 1.29 is 29.5 Å². The molecule has 0 aliphatic heterocycles. The largest absolute Gasteiger partial charge is 0.481 e. The van der Waals surface area contributed by atoms with Crippen LogP contribution in [0, 0.1) is 10.1 Å². The number of nitrogens with one attached hydrogen (secondary N) is 1. The van der Waals surface area contributed by atoms with Crippen LogP contribution >= 0.6 is 23.2 Å². The second-order valence-corrected chi connectivity index (χ2v) is 5.93. The minimum Gasteiger partial charge on any atom is -0.481 e. The number of aromatic amines is 1. The lowest BCUT2D eigenvalue weighted by molar-refractivity contribution is -0.384. The zero-order chi connectivity index (χ0) is 21.3. The Bertz CT molecular complexity index is 922. The van der Waals surface area contributed by atoms with Gasteiger partial charge in [0.1, 0.15) is 5.02 Å². The SMILES string of the molecule is O=C(O)C/C=C/CC(=O)C(=O)O.O=[N+]([O-])c1c(Cl)cccc1-c1c[nH]cc1Cl. The van der Waals surface area contributed by atoms with Gasteiger partial charge in [0, 0.05) is 24.4 Å². The number of allylic oxidation sites excluding steroid dienone is 1. The summed E-state index contributed by atoms with van der Waals surface area (Å²) in [4.78, 5) is 43.4. The second kappa shape index (κ2) is 10.9. The van der Waals surface area contributed by atoms with Crippen LogP contribution < -0.4 is 0 Å². The van der Waals surface area contributed by atoms with Gasteiger partial charge in [-0.05, 0) is 12.1 Å². The van der Waals surface area contributed by atoms with E-state index in [9.17, 15) is 24.5 Å². The number of carbonyl (C=O) groups is 3. The van der Waals surface area contributed by atoms with Gasteiger partial charge in [-0.15, -0.1) is 0 Å². The molecule has 0 saturated heterocycles. The Morgan fingerprint density at radius 3 is 2.18 bits per heavy atom. The van der Waals surface area contributed by atoms with Crippen LogP contribution in [0.4, 0.5) is 5.69 Å². The van der Waals surface area contributed by atoms with Crippen molar-refractivity contribution in [2.24, 2.45) is 0 Å². The molecular formula is C17H14Cl2N2O7. The number of nitro benzene ring substituents is 1. The van der Waals surface area contributed by atoms with Gasteiger partial charge in [-0.1, -0.05) is 41.4 Å². The number of rotatable bonds is 7. The van der Waals surface area contributed by atoms with Crippen molar-refractivity contribution >= 4 is 46.6 Å². The smallest absolute Gasteiger partial charge is 0.372 e. The van der Waals surface area contributed by atoms with Crippen LogP contribution in [0.2, 0.25) is 10.0 Å². The van der Waals surface area contributed by atoms with Crippen molar-refractivity contribution in [1.82, 2.24) is 4.98 Å². The average Bonchev–Trinajstić information content (AvgIpc) is 3.04. The molecule has 1 aromatic heterocycles. The number of halogens is 2. The molecule has 0 aliphatic rings. The Kier molecular flexibility index (Phi) is 8.86. The first-order valence-corrected chi connectivity index (χ1v) is 8.29. The Hall–Kier alpha value is -3.17. The Balaban J connectivity index is 0.000000295. The molecule has 2 aromatic rings. The van der Waals surface area contributed by atoms with E-state index in [1.54, 1.807) is 24.5 Å². The molecule has 9 nitrogen and oxygen atoms in total. The third-order valence-corrected chi connectivity index (χ3v) is 3.77. The molecule has 0 unspecified atom stereocenters. The third kappa shape index (κ3) is 6.86. The van der Waals surface area contributed by atoms with Crippen LogP contribution in [0.1, 0.15) is 12.8 Å². The van der Waals surface area contributed by atoms with Crippen LogP contribution in [-0.2, 0) is 14.4 Å². The third-order valence-electron chi connectivity index (χ3n) is 3.16. The number of carboxylic acids is 2. The summed E-state index contributed by atoms with van der Waals surface area (Å²) < 4.78 is 0. The number of carbonyl (C=O) groups excluding carboxylic acids is 1. The van der Waals surface area contributed by atoms with Gasteiger partial charge in [0.2, 0.25) is 5.78 Å². The predicted molar refractivity (Wildman–Crippen MR) is 102 cm³/mol. The molecule has 1 aromatic carbocycles. The van der Waals surface area contributed by atoms with E-state index in [0.717, 1.165) is 0 Å². The summed E-state index contributed by atoms with van der Waals surface area (Å²) in [6.45, 7) is 0. The van der Waals surface area contributed by atoms with Gasteiger partial charge in [0.15, 0.2) is 0 Å². The van der Waals surface area contributed by atoms with Crippen molar-refractivity contribution in [2.45, 2.75) is 12.8 Å². The number of nitro groups is 1. The summed E-state index contributed by atoms with van der Waals surface area (Å²) in [5.74, 6) is -3.47. The van der Waals surface area contributed by atoms with E-state index in [-0.39, 0.29) is 23.6 Å². The number of hydrogen-bond donors (Lipinski definition) is 3. The highest BCUT2D eigenvalue weighted by Crippen LogP contribution is 2.38. The molecule has 0 amide bonds. The van der Waals surface area contributed by atoms with Gasteiger partial charge < -0.3 is 15.2 Å². The fourth-order valence-corrected chi connectivity index (χ4v) is 2.39. The number of para-hydroxylation sites is 1. The van der Waals surface area contributed by atoms with Gasteiger partial charge in [-0.25, -0.2) is 4.79 Å². The standard InChI is InChI=1S/C10H6Cl2N2O2.C7H8O5/c11-8-3-1-2-6(10(8)14(15)16)7-4-13-5-9(7)12;8-5(7(11)12)3-1-2-4-6(9)10/h1-5,13H;1-2H,3-4H2,(H,9,10)(H,11,12)/b;2-1+. The maximum Gasteiger partial charge on any atom is 0.372 e. The van der Waals surface area contributed by atoms with Gasteiger partial charge in [-0.2, -0.15) is 0 Å². The summed E-state index contributed by atoms with van der Waals surface area (Å²) in [5.41, 5.74) is 0.838. The van der Waals surface area contributed by atoms with Gasteiger partial charge in [0.25, 0.3) is 5.69 Å². The van der Waals surface area contributed by atoms with Crippen LogP contribution in [0.3, 0.4) is 0 Å². The number of nitrogens with zero attached hydrogens (tertiary/aromatic N) is 1. The molecule has 3 N–H and O–H groups in total. The molecule has 11 heteroatoms. The van der Waals surface area contributed by atoms with Crippen molar-refractivity contribution in [3.8, 4) is 11.1 Å². The number of benzene rings is 1. The average molecular weight is 429 g/mol. The topological polar surface area (TPSA) is 151 Å². The molecule has 0 radical (unpaired) electrons. The second-order valence-electron chi connectivity index (χ2n) is 5.11. The Morgan fingerprint density at radius 1 is 1.04 bits per heavy atom. The van der Waals surface area contributed by atoms with Crippen molar-refractivity contribution in [3.63, 3.8) is 0 Å². The first-order valence-electron chi connectivity index (χ1n) is 7.53. The van der Waals surface area contributed by atoms with E-state index in [4.69, 9.17) is 33.4 Å². The number of ketones is 1. The fourth-order valence-electron chi connectivity index (χ4n) is 1.93. The maximum atomic E-state index is 10.9. The summed E-state index contributed by atoms with van der Waals surface area (Å²) in [6, 6.07) is 4.73. The summed E-state index contributed by atoms with van der Waals surface area (Å²) in [6.07, 6.45) is 5.16. The first-order chi connectivity index (χ1) is 13.1. The molecule has 28 heavy (non-hydrogen) atoms. The van der Waals surface area contributed by atoms with E-state index >= 15 is 0 Å². The molecular weight excluding hydrogens is 415 g/mol. The minimum atomic E-state index is -1.50. The highest BCUT2D eigenvalue weighted by atomic mass is 35.5. The zero-order valence-electron chi connectivity index (χ0n) is 14.1. The summed E-state index contributed by atoms with van der Waals surface area (Å²) in [7, 11) is 0. The molecule has 0 spiro atoms. The molecule has 0 fully saturated rings. The van der Waals surface area contributed by atoms with Crippen LogP contribution in [0.25, 0.3) is 11.1 Å². The highest BCUT2D eigenvalue weighted by Gasteiger charge is 2.21. The first kappa shape index (κ1) is 22.9. The monoisotopic (exact) mass is 428 g/mol. The number of aromatic nitrogens is 1. The number of aliphatic carboxylic acids is 2. The van der Waals surface area contributed by atoms with Gasteiger partial charge >= 0.3 is 11.9 Å². The van der Waals surface area contributed by atoms with E-state index < -0.39 is 22.6 Å². The van der Waals surface area contributed by atoms with Crippen LogP contribution in [-0.4, -0.2) is 37.8 Å². The lowest BCUT2D eigenvalue weighted by Gasteiger charge is -2.02. The van der Waals surface area contributed by atoms with E-state index in [2.05, 4.69) is 4.98 Å². The summed E-state index contributed by atoms with van der Waals surface area (Å²) in [5, 5.41) is 27.7. The Labute approximate surface area is 168 Å². The van der Waals surface area contributed by atoms with Gasteiger partial charge in [-0.3, -0.25) is 19.7 Å². The quantitative estimate of drug-likeness (QED) is 0.261.